The Bertz CT molecular complexity index is 555. The van der Waals surface area contributed by atoms with Gasteiger partial charge in [-0.2, -0.15) is 0 Å². The van der Waals surface area contributed by atoms with Gasteiger partial charge in [-0.05, 0) is 28.0 Å². The molecule has 0 saturated heterocycles. The summed E-state index contributed by atoms with van der Waals surface area (Å²) in [4.78, 5) is 1.10. The molecule has 108 valence electrons. The Labute approximate surface area is 124 Å². The lowest BCUT2D eigenvalue weighted by atomic mass is 9.86. The SMILES string of the molecule is COc1ccsc1C(NN)c1ccc(C(C)(C)C)cc1. The minimum atomic E-state index is -0.0426. The molecule has 2 rings (SSSR count). The van der Waals surface area contributed by atoms with Crippen LogP contribution in [0.5, 0.6) is 5.75 Å². The molecule has 3 N–H and O–H groups in total. The second kappa shape index (κ2) is 5.95. The number of hydrazine groups is 1. The molecule has 0 aliphatic carbocycles. The van der Waals surface area contributed by atoms with Crippen LogP contribution in [0.3, 0.4) is 0 Å². The van der Waals surface area contributed by atoms with Crippen molar-refractivity contribution >= 4 is 11.3 Å². The van der Waals surface area contributed by atoms with Crippen molar-refractivity contribution in [1.29, 1.82) is 0 Å². The number of ether oxygens (including phenoxy) is 1. The van der Waals surface area contributed by atoms with E-state index in [2.05, 4.69) is 50.5 Å². The van der Waals surface area contributed by atoms with E-state index >= 15 is 0 Å². The highest BCUT2D eigenvalue weighted by atomic mass is 32.1. The smallest absolute Gasteiger partial charge is 0.134 e. The maximum atomic E-state index is 5.74. The van der Waals surface area contributed by atoms with E-state index < -0.39 is 0 Å². The molecule has 1 aromatic heterocycles. The molecule has 1 unspecified atom stereocenters. The van der Waals surface area contributed by atoms with Gasteiger partial charge in [-0.15, -0.1) is 11.3 Å². The fraction of sp³-hybridized carbons (Fsp3) is 0.375. The van der Waals surface area contributed by atoms with Crippen molar-refractivity contribution in [3.8, 4) is 5.75 Å². The Hall–Kier alpha value is -1.36. The summed E-state index contributed by atoms with van der Waals surface area (Å²) in [7, 11) is 1.68. The fourth-order valence-electron chi connectivity index (χ4n) is 2.19. The van der Waals surface area contributed by atoms with Crippen LogP contribution in [0.4, 0.5) is 0 Å². The van der Waals surface area contributed by atoms with Crippen LogP contribution in [0.25, 0.3) is 0 Å². The molecule has 3 nitrogen and oxygen atoms in total. The van der Waals surface area contributed by atoms with Gasteiger partial charge < -0.3 is 4.74 Å². The molecule has 0 aliphatic rings. The Kier molecular flexibility index (Phi) is 4.48. The highest BCUT2D eigenvalue weighted by molar-refractivity contribution is 7.10. The molecule has 0 bridgehead atoms. The second-order valence-electron chi connectivity index (χ2n) is 5.82. The molecule has 1 atom stereocenters. The fourth-order valence-corrected chi connectivity index (χ4v) is 3.13. The number of methoxy groups -OCH3 is 1. The van der Waals surface area contributed by atoms with Gasteiger partial charge >= 0.3 is 0 Å². The summed E-state index contributed by atoms with van der Waals surface area (Å²) < 4.78 is 5.38. The molecule has 0 radical (unpaired) electrons. The molecule has 1 aromatic carbocycles. The predicted octanol–water partition coefficient (Wildman–Crippen LogP) is 3.61. The highest BCUT2D eigenvalue weighted by Gasteiger charge is 2.19. The number of nitrogens with two attached hydrogens (primary N) is 1. The minimum Gasteiger partial charge on any atom is -0.496 e. The van der Waals surface area contributed by atoms with Crippen LogP contribution in [0.1, 0.15) is 42.8 Å². The van der Waals surface area contributed by atoms with Gasteiger partial charge in [-0.1, -0.05) is 45.0 Å². The first-order valence-corrected chi connectivity index (χ1v) is 7.53. The average molecular weight is 290 g/mol. The van der Waals surface area contributed by atoms with Crippen LogP contribution in [0.2, 0.25) is 0 Å². The zero-order valence-corrected chi connectivity index (χ0v) is 13.3. The van der Waals surface area contributed by atoms with Crippen molar-refractivity contribution < 1.29 is 4.74 Å². The first kappa shape index (κ1) is 15.0. The molecule has 0 aliphatic heterocycles. The van der Waals surface area contributed by atoms with Gasteiger partial charge in [0.15, 0.2) is 0 Å². The van der Waals surface area contributed by atoms with E-state index in [0.29, 0.717) is 0 Å². The van der Waals surface area contributed by atoms with E-state index in [9.17, 15) is 0 Å². The standard InChI is InChI=1S/C16H22N2OS/c1-16(2,3)12-7-5-11(6-8-12)14(18-17)15-13(19-4)9-10-20-15/h5-10,14,18H,17H2,1-4H3. The molecular formula is C16H22N2OS. The molecular weight excluding hydrogens is 268 g/mol. The number of nitrogens with one attached hydrogen (secondary N) is 1. The molecule has 0 fully saturated rings. The van der Waals surface area contributed by atoms with Crippen molar-refractivity contribution in [3.63, 3.8) is 0 Å². The Balaban J connectivity index is 2.33. The third kappa shape index (κ3) is 3.03. The van der Waals surface area contributed by atoms with Crippen LogP contribution in [0.15, 0.2) is 35.7 Å². The lowest BCUT2D eigenvalue weighted by Crippen LogP contribution is -2.28. The van der Waals surface area contributed by atoms with Gasteiger partial charge in [-0.25, -0.2) is 5.43 Å². The lowest BCUT2D eigenvalue weighted by Gasteiger charge is -2.21. The lowest BCUT2D eigenvalue weighted by molar-refractivity contribution is 0.408. The van der Waals surface area contributed by atoms with E-state index in [4.69, 9.17) is 10.6 Å². The monoisotopic (exact) mass is 290 g/mol. The average Bonchev–Trinajstić information content (AvgIpc) is 2.87. The summed E-state index contributed by atoms with van der Waals surface area (Å²) in [5, 5.41) is 2.02. The van der Waals surface area contributed by atoms with E-state index in [-0.39, 0.29) is 11.5 Å². The van der Waals surface area contributed by atoms with Gasteiger partial charge in [0.05, 0.1) is 18.0 Å². The molecule has 0 amide bonds. The molecule has 2 aromatic rings. The summed E-state index contributed by atoms with van der Waals surface area (Å²) in [6.45, 7) is 6.63. The molecule has 0 spiro atoms. The minimum absolute atomic E-state index is 0.0426. The topological polar surface area (TPSA) is 47.3 Å². The third-order valence-electron chi connectivity index (χ3n) is 3.42. The zero-order chi connectivity index (χ0) is 14.8. The number of benzene rings is 1. The summed E-state index contributed by atoms with van der Waals surface area (Å²) in [6, 6.07) is 10.5. The summed E-state index contributed by atoms with van der Waals surface area (Å²) in [6.07, 6.45) is 0. The van der Waals surface area contributed by atoms with E-state index in [1.165, 1.54) is 5.56 Å². The first-order chi connectivity index (χ1) is 9.47. The van der Waals surface area contributed by atoms with E-state index in [1.54, 1.807) is 18.4 Å². The largest absolute Gasteiger partial charge is 0.496 e. The Morgan fingerprint density at radius 2 is 1.80 bits per heavy atom. The molecule has 4 heteroatoms. The number of hydrogen-bond donors (Lipinski definition) is 2. The quantitative estimate of drug-likeness (QED) is 0.668. The maximum Gasteiger partial charge on any atom is 0.134 e. The van der Waals surface area contributed by atoms with E-state index in [1.807, 2.05) is 11.4 Å². The molecule has 20 heavy (non-hydrogen) atoms. The number of rotatable bonds is 4. The van der Waals surface area contributed by atoms with Gasteiger partial charge in [0.2, 0.25) is 0 Å². The second-order valence-corrected chi connectivity index (χ2v) is 6.77. The van der Waals surface area contributed by atoms with Gasteiger partial charge in [-0.3, -0.25) is 5.84 Å². The van der Waals surface area contributed by atoms with Gasteiger partial charge in [0.1, 0.15) is 5.75 Å². The predicted molar refractivity (Wildman–Crippen MR) is 85.2 cm³/mol. The van der Waals surface area contributed by atoms with Gasteiger partial charge in [0, 0.05) is 0 Å². The van der Waals surface area contributed by atoms with Crippen molar-refractivity contribution in [2.75, 3.05) is 7.11 Å². The van der Waals surface area contributed by atoms with Crippen molar-refractivity contribution in [2.24, 2.45) is 5.84 Å². The number of thiophene rings is 1. The van der Waals surface area contributed by atoms with Crippen LogP contribution in [0, 0.1) is 0 Å². The maximum absolute atomic E-state index is 5.74. The summed E-state index contributed by atoms with van der Waals surface area (Å²) in [5.74, 6) is 6.62. The van der Waals surface area contributed by atoms with Crippen LogP contribution in [-0.2, 0) is 5.41 Å². The summed E-state index contributed by atoms with van der Waals surface area (Å²) in [5.41, 5.74) is 5.50. The zero-order valence-electron chi connectivity index (χ0n) is 12.4. The van der Waals surface area contributed by atoms with Crippen molar-refractivity contribution in [1.82, 2.24) is 5.43 Å². The number of hydrogen-bond acceptors (Lipinski definition) is 4. The Morgan fingerprint density at radius 3 is 2.30 bits per heavy atom. The molecule has 1 heterocycles. The van der Waals surface area contributed by atoms with Crippen molar-refractivity contribution in [2.45, 2.75) is 32.2 Å². The van der Waals surface area contributed by atoms with Crippen molar-refractivity contribution in [3.05, 3.63) is 51.7 Å². The van der Waals surface area contributed by atoms with Crippen LogP contribution < -0.4 is 16.0 Å². The normalized spacial score (nSPS) is 13.2. The highest BCUT2D eigenvalue weighted by Crippen LogP contribution is 2.35. The van der Waals surface area contributed by atoms with E-state index in [0.717, 1.165) is 16.2 Å². The third-order valence-corrected chi connectivity index (χ3v) is 4.38. The van der Waals surface area contributed by atoms with Gasteiger partial charge in [0.25, 0.3) is 0 Å². The Morgan fingerprint density at radius 1 is 1.15 bits per heavy atom. The first-order valence-electron chi connectivity index (χ1n) is 6.65. The summed E-state index contributed by atoms with van der Waals surface area (Å²) >= 11 is 1.64. The van der Waals surface area contributed by atoms with Crippen LogP contribution >= 0.6 is 11.3 Å². The van der Waals surface area contributed by atoms with Crippen LogP contribution in [-0.4, -0.2) is 7.11 Å². The molecule has 0 saturated carbocycles.